The van der Waals surface area contributed by atoms with E-state index in [1.165, 1.54) is 0 Å². The van der Waals surface area contributed by atoms with Crippen molar-refractivity contribution in [2.75, 3.05) is 18.5 Å². The largest absolute Gasteiger partial charge is 0.347 e. The molecule has 1 aromatic rings. The second-order valence-corrected chi connectivity index (χ2v) is 6.65. The Bertz CT molecular complexity index is 638. The van der Waals surface area contributed by atoms with Crippen LogP contribution in [0.1, 0.15) is 36.8 Å². The molecule has 130 valence electrons. The summed E-state index contributed by atoms with van der Waals surface area (Å²) in [4.78, 5) is 24.0. The molecule has 1 heterocycles. The van der Waals surface area contributed by atoms with Crippen LogP contribution in [0.5, 0.6) is 0 Å². The van der Waals surface area contributed by atoms with Crippen LogP contribution in [-0.4, -0.2) is 36.9 Å². The number of amides is 2. The molecular formula is C18H24N2O4. The van der Waals surface area contributed by atoms with Gasteiger partial charge in [0.2, 0.25) is 0 Å². The van der Waals surface area contributed by atoms with E-state index < -0.39 is 17.6 Å². The minimum Gasteiger partial charge on any atom is -0.347 e. The summed E-state index contributed by atoms with van der Waals surface area (Å²) in [7, 11) is 0. The maximum atomic E-state index is 12.0. The summed E-state index contributed by atoms with van der Waals surface area (Å²) >= 11 is 0. The summed E-state index contributed by atoms with van der Waals surface area (Å²) in [6, 6.07) is 5.72. The van der Waals surface area contributed by atoms with Crippen molar-refractivity contribution < 1.29 is 19.1 Å². The van der Waals surface area contributed by atoms with E-state index in [0.29, 0.717) is 12.3 Å². The molecule has 1 saturated carbocycles. The lowest BCUT2D eigenvalue weighted by atomic mass is 10.1. The van der Waals surface area contributed by atoms with Crippen molar-refractivity contribution in [3.8, 4) is 0 Å². The first-order valence-corrected chi connectivity index (χ1v) is 8.46. The van der Waals surface area contributed by atoms with E-state index in [1.54, 1.807) is 0 Å². The van der Waals surface area contributed by atoms with Gasteiger partial charge in [0.1, 0.15) is 6.10 Å². The first kappa shape index (κ1) is 16.9. The molecule has 1 spiro atoms. The van der Waals surface area contributed by atoms with E-state index in [2.05, 4.69) is 10.6 Å². The van der Waals surface area contributed by atoms with Crippen LogP contribution in [0.3, 0.4) is 0 Å². The molecule has 1 atom stereocenters. The number of ether oxygens (including phenoxy) is 2. The maximum absolute atomic E-state index is 12.0. The van der Waals surface area contributed by atoms with E-state index in [9.17, 15) is 9.59 Å². The van der Waals surface area contributed by atoms with Crippen molar-refractivity contribution in [3.63, 3.8) is 0 Å². The van der Waals surface area contributed by atoms with Crippen LogP contribution in [0.4, 0.5) is 5.69 Å². The number of rotatable bonds is 3. The van der Waals surface area contributed by atoms with Gasteiger partial charge in [-0.2, -0.15) is 0 Å². The number of benzene rings is 1. The van der Waals surface area contributed by atoms with Gasteiger partial charge in [-0.1, -0.05) is 12.1 Å². The third kappa shape index (κ3) is 3.76. The maximum Gasteiger partial charge on any atom is 0.313 e. The van der Waals surface area contributed by atoms with Gasteiger partial charge in [0.15, 0.2) is 5.79 Å². The lowest BCUT2D eigenvalue weighted by Crippen LogP contribution is -2.40. The topological polar surface area (TPSA) is 76.7 Å². The summed E-state index contributed by atoms with van der Waals surface area (Å²) < 4.78 is 11.7. The zero-order valence-electron chi connectivity index (χ0n) is 14.2. The molecular weight excluding hydrogens is 308 g/mol. The van der Waals surface area contributed by atoms with Gasteiger partial charge < -0.3 is 20.1 Å². The highest BCUT2D eigenvalue weighted by Gasteiger charge is 2.43. The van der Waals surface area contributed by atoms with E-state index >= 15 is 0 Å². The quantitative estimate of drug-likeness (QED) is 0.831. The molecule has 0 bridgehead atoms. The number of anilines is 1. The molecule has 1 aromatic carbocycles. The molecule has 1 aliphatic carbocycles. The third-order valence-corrected chi connectivity index (χ3v) is 4.62. The van der Waals surface area contributed by atoms with Crippen LogP contribution >= 0.6 is 0 Å². The van der Waals surface area contributed by atoms with Crippen LogP contribution in [0.2, 0.25) is 0 Å². The lowest BCUT2D eigenvalue weighted by molar-refractivity contribution is -0.161. The van der Waals surface area contributed by atoms with Gasteiger partial charge >= 0.3 is 11.8 Å². The number of hydrogen-bond acceptors (Lipinski definition) is 4. The molecule has 3 rings (SSSR count). The van der Waals surface area contributed by atoms with Crippen LogP contribution in [0, 0.1) is 13.8 Å². The molecule has 0 radical (unpaired) electrons. The predicted molar refractivity (Wildman–Crippen MR) is 89.6 cm³/mol. The molecule has 1 unspecified atom stereocenters. The molecule has 2 fully saturated rings. The van der Waals surface area contributed by atoms with Crippen molar-refractivity contribution in [2.24, 2.45) is 0 Å². The van der Waals surface area contributed by atoms with Crippen LogP contribution < -0.4 is 10.6 Å². The summed E-state index contributed by atoms with van der Waals surface area (Å²) in [5, 5.41) is 5.28. The van der Waals surface area contributed by atoms with E-state index in [4.69, 9.17) is 9.47 Å². The predicted octanol–water partition coefficient (Wildman–Crippen LogP) is 2.04. The second kappa shape index (κ2) is 6.91. The Kier molecular flexibility index (Phi) is 4.87. The van der Waals surface area contributed by atoms with Gasteiger partial charge in [0.25, 0.3) is 0 Å². The van der Waals surface area contributed by atoms with E-state index in [0.717, 1.165) is 36.8 Å². The van der Waals surface area contributed by atoms with Gasteiger partial charge in [0, 0.05) is 25.1 Å². The first-order valence-electron chi connectivity index (χ1n) is 8.46. The molecule has 2 N–H and O–H groups in total. The van der Waals surface area contributed by atoms with Gasteiger partial charge in [0.05, 0.1) is 6.61 Å². The fourth-order valence-electron chi connectivity index (χ4n) is 3.23. The molecule has 1 aliphatic heterocycles. The highest BCUT2D eigenvalue weighted by Crippen LogP contribution is 2.38. The zero-order chi connectivity index (χ0) is 17.2. The summed E-state index contributed by atoms with van der Waals surface area (Å²) in [5.74, 6) is -1.78. The minimum atomic E-state index is -0.668. The Morgan fingerprint density at radius 1 is 1.21 bits per heavy atom. The van der Waals surface area contributed by atoms with E-state index in [1.807, 2.05) is 32.0 Å². The summed E-state index contributed by atoms with van der Waals surface area (Å²) in [5.41, 5.74) is 2.59. The fraction of sp³-hybridized carbons (Fsp3) is 0.556. The number of carbonyl (C=O) groups excluding carboxylic acids is 2. The normalized spacial score (nSPS) is 21.8. The summed E-state index contributed by atoms with van der Waals surface area (Å²) in [6.07, 6.45) is 3.84. The Hall–Kier alpha value is -1.92. The first-order chi connectivity index (χ1) is 11.5. The molecule has 0 aromatic heterocycles. The van der Waals surface area contributed by atoms with Crippen LogP contribution in [-0.2, 0) is 19.1 Å². The molecule has 6 nitrogen and oxygen atoms in total. The average molecular weight is 332 g/mol. The van der Waals surface area contributed by atoms with Crippen molar-refractivity contribution in [3.05, 3.63) is 29.3 Å². The van der Waals surface area contributed by atoms with Gasteiger partial charge in [-0.15, -0.1) is 0 Å². The summed E-state index contributed by atoms with van der Waals surface area (Å²) in [6.45, 7) is 4.56. The molecule has 2 amide bonds. The third-order valence-electron chi connectivity index (χ3n) is 4.62. The SMILES string of the molecule is Cc1ccc(C)c(NC(=O)C(=O)NCC2COC3(CCCC3)O2)c1. The number of aryl methyl sites for hydroxylation is 2. The second-order valence-electron chi connectivity index (χ2n) is 6.65. The highest BCUT2D eigenvalue weighted by molar-refractivity contribution is 6.39. The van der Waals surface area contributed by atoms with Gasteiger partial charge in [-0.3, -0.25) is 9.59 Å². The zero-order valence-corrected chi connectivity index (χ0v) is 14.2. The lowest BCUT2D eigenvalue weighted by Gasteiger charge is -2.21. The van der Waals surface area contributed by atoms with E-state index in [-0.39, 0.29) is 12.6 Å². The number of hydrogen-bond donors (Lipinski definition) is 2. The van der Waals surface area contributed by atoms with Crippen molar-refractivity contribution in [1.82, 2.24) is 5.32 Å². The van der Waals surface area contributed by atoms with Crippen molar-refractivity contribution in [1.29, 1.82) is 0 Å². The monoisotopic (exact) mass is 332 g/mol. The van der Waals surface area contributed by atoms with Crippen molar-refractivity contribution >= 4 is 17.5 Å². The standard InChI is InChI=1S/C18H24N2O4/c1-12-5-6-13(2)15(9-12)20-17(22)16(21)19-10-14-11-23-18(24-14)7-3-4-8-18/h5-6,9,14H,3-4,7-8,10-11H2,1-2H3,(H,19,21)(H,20,22). The molecule has 2 aliphatic rings. The minimum absolute atomic E-state index is 0.194. The van der Waals surface area contributed by atoms with Gasteiger partial charge in [-0.05, 0) is 43.9 Å². The Balaban J connectivity index is 1.48. The molecule has 6 heteroatoms. The van der Waals surface area contributed by atoms with Gasteiger partial charge in [-0.25, -0.2) is 0 Å². The van der Waals surface area contributed by atoms with Crippen LogP contribution in [0.15, 0.2) is 18.2 Å². The highest BCUT2D eigenvalue weighted by atomic mass is 16.7. The number of nitrogens with one attached hydrogen (secondary N) is 2. The smallest absolute Gasteiger partial charge is 0.313 e. The molecule has 24 heavy (non-hydrogen) atoms. The fourth-order valence-corrected chi connectivity index (χ4v) is 3.23. The van der Waals surface area contributed by atoms with Crippen LogP contribution in [0.25, 0.3) is 0 Å². The number of carbonyl (C=O) groups is 2. The Morgan fingerprint density at radius 3 is 2.71 bits per heavy atom. The average Bonchev–Trinajstić information content (AvgIpc) is 3.18. The Morgan fingerprint density at radius 2 is 1.96 bits per heavy atom. The molecule has 1 saturated heterocycles. The Labute approximate surface area is 141 Å². The van der Waals surface area contributed by atoms with Crippen molar-refractivity contribution in [2.45, 2.75) is 51.4 Å².